The maximum atomic E-state index is 14.0. The highest BCUT2D eigenvalue weighted by Crippen LogP contribution is 2.35. The number of likely N-dealkylation sites (tertiary alicyclic amines) is 2. The fourth-order valence-electron chi connectivity index (χ4n) is 10.2. The van der Waals surface area contributed by atoms with Gasteiger partial charge in [-0.1, -0.05) is 48.5 Å². The number of imidazole rings is 1. The van der Waals surface area contributed by atoms with E-state index in [4.69, 9.17) is 23.9 Å². The summed E-state index contributed by atoms with van der Waals surface area (Å²) < 4.78 is 20.8. The van der Waals surface area contributed by atoms with Crippen molar-refractivity contribution in [3.63, 3.8) is 0 Å². The van der Waals surface area contributed by atoms with E-state index >= 15 is 0 Å². The lowest BCUT2D eigenvalue weighted by atomic mass is 9.90. The summed E-state index contributed by atoms with van der Waals surface area (Å²) in [5.41, 5.74) is 6.06. The zero-order valence-corrected chi connectivity index (χ0v) is 36.5. The van der Waals surface area contributed by atoms with Crippen molar-refractivity contribution in [2.75, 3.05) is 53.7 Å². The Bertz CT molecular complexity index is 2360. The Morgan fingerprint density at radius 3 is 1.88 bits per heavy atom. The highest BCUT2D eigenvalue weighted by atomic mass is 16.5. The summed E-state index contributed by atoms with van der Waals surface area (Å²) >= 11 is 0. The number of alkyl carbamates (subject to hydrolysis) is 2. The minimum absolute atomic E-state index is 0.00863. The van der Waals surface area contributed by atoms with Crippen LogP contribution in [0.15, 0.2) is 73.1 Å². The normalized spacial score (nSPS) is 22.6. The number of ether oxygens (including phenoxy) is 4. The number of aromatic amines is 1. The van der Waals surface area contributed by atoms with Gasteiger partial charge in [-0.15, -0.1) is 0 Å². The van der Waals surface area contributed by atoms with Gasteiger partial charge in [0.15, 0.2) is 0 Å². The number of methoxy groups -OCH3 is 2. The number of benzene rings is 3. The van der Waals surface area contributed by atoms with E-state index in [1.165, 1.54) is 14.2 Å². The molecular formula is C48H58N8O8. The summed E-state index contributed by atoms with van der Waals surface area (Å²) in [4.78, 5) is 64.7. The standard InChI is InChI=1S/C48H58N8O8/c1-61-47(59)53-41(31-15-21-63-22-16-31)45(57)55-19-3-5-39(55)43-49-27-37(51-43)30-9-7-29(8-10-30)33-11-12-35-26-36(14-13-34(35)25-33)38-28-50-44(52-38)40-6-4-20-56(40)46(58)42(54-48(60)62-2)32-17-23-64-24-18-32/h7-14,25-28,31-32,39-43,49,51H,3-6,15-24H2,1-2H3,(H,50,52)(H,53,59)(H,54,60)/t39-,40-,41-,42-,43?/m0/s1. The number of carbonyl (C=O) groups is 4. The molecular weight excluding hydrogens is 817 g/mol. The second-order valence-corrected chi connectivity index (χ2v) is 17.4. The molecule has 1 unspecified atom stereocenters. The molecule has 6 heterocycles. The third kappa shape index (κ3) is 9.11. The molecule has 5 atom stereocenters. The van der Waals surface area contributed by atoms with Gasteiger partial charge in [0.2, 0.25) is 11.8 Å². The number of rotatable bonds is 11. The molecule has 3 aromatic carbocycles. The molecule has 5 aliphatic rings. The van der Waals surface area contributed by atoms with Crippen molar-refractivity contribution < 1.29 is 38.1 Å². The Labute approximate surface area is 372 Å². The number of nitrogens with zero attached hydrogens (tertiary/aromatic N) is 3. The molecule has 5 N–H and O–H groups in total. The first-order valence-electron chi connectivity index (χ1n) is 22.7. The average molecular weight is 875 g/mol. The average Bonchev–Trinajstić information content (AvgIpc) is 4.20. The quantitative estimate of drug-likeness (QED) is 0.125. The van der Waals surface area contributed by atoms with Gasteiger partial charge in [-0.05, 0) is 103 Å². The van der Waals surface area contributed by atoms with Crippen LogP contribution in [-0.2, 0) is 28.5 Å². The second kappa shape index (κ2) is 19.3. The van der Waals surface area contributed by atoms with Crippen molar-refractivity contribution in [1.82, 2.24) is 41.0 Å². The number of aromatic nitrogens is 2. The molecule has 4 fully saturated rings. The maximum absolute atomic E-state index is 14.0. The van der Waals surface area contributed by atoms with E-state index < -0.39 is 24.3 Å². The number of fused-ring (bicyclic) bond motifs is 1. The van der Waals surface area contributed by atoms with Crippen LogP contribution in [0.3, 0.4) is 0 Å². The number of hydrogen-bond acceptors (Lipinski definition) is 11. The van der Waals surface area contributed by atoms with E-state index in [0.29, 0.717) is 65.2 Å². The Balaban J connectivity index is 0.837. The first-order chi connectivity index (χ1) is 31.3. The molecule has 1 aromatic heterocycles. The highest BCUT2D eigenvalue weighted by Gasteiger charge is 2.43. The van der Waals surface area contributed by atoms with Crippen LogP contribution in [0.5, 0.6) is 0 Å². The molecule has 338 valence electrons. The fraction of sp³-hybridized carbons (Fsp3) is 0.479. The summed E-state index contributed by atoms with van der Waals surface area (Å²) in [6.45, 7) is 3.49. The fourth-order valence-corrected chi connectivity index (χ4v) is 10.2. The summed E-state index contributed by atoms with van der Waals surface area (Å²) in [5, 5.41) is 15.0. The van der Waals surface area contributed by atoms with Crippen molar-refractivity contribution in [2.24, 2.45) is 11.8 Å². The molecule has 4 amide bonds. The van der Waals surface area contributed by atoms with Crippen LogP contribution in [0, 0.1) is 11.8 Å². The van der Waals surface area contributed by atoms with Crippen LogP contribution in [0.1, 0.15) is 68.8 Å². The van der Waals surface area contributed by atoms with E-state index in [1.54, 1.807) is 0 Å². The third-order valence-corrected chi connectivity index (χ3v) is 13.7. The third-order valence-electron chi connectivity index (χ3n) is 13.7. The van der Waals surface area contributed by atoms with Crippen molar-refractivity contribution >= 4 is 40.5 Å². The van der Waals surface area contributed by atoms with Gasteiger partial charge in [-0.25, -0.2) is 14.6 Å². The van der Waals surface area contributed by atoms with Gasteiger partial charge in [-0.3, -0.25) is 9.59 Å². The molecule has 0 saturated carbocycles. The van der Waals surface area contributed by atoms with Gasteiger partial charge in [0, 0.05) is 51.3 Å². The van der Waals surface area contributed by atoms with Gasteiger partial charge >= 0.3 is 12.2 Å². The molecule has 4 aromatic rings. The topological polar surface area (TPSA) is 188 Å². The highest BCUT2D eigenvalue weighted by molar-refractivity contribution is 5.91. The van der Waals surface area contributed by atoms with E-state index in [0.717, 1.165) is 75.9 Å². The summed E-state index contributed by atoms with van der Waals surface area (Å²) in [5.74, 6) is 0.515. The zero-order chi connectivity index (χ0) is 44.2. The largest absolute Gasteiger partial charge is 0.453 e. The Hall–Kier alpha value is -6.13. The predicted octanol–water partition coefficient (Wildman–Crippen LogP) is 5.67. The summed E-state index contributed by atoms with van der Waals surface area (Å²) in [7, 11) is 2.63. The summed E-state index contributed by atoms with van der Waals surface area (Å²) in [6, 6.07) is 19.7. The molecule has 0 spiro atoms. The molecule has 64 heavy (non-hydrogen) atoms. The monoisotopic (exact) mass is 874 g/mol. The van der Waals surface area contributed by atoms with Crippen molar-refractivity contribution in [3.8, 4) is 22.4 Å². The molecule has 0 aliphatic carbocycles. The van der Waals surface area contributed by atoms with Crippen LogP contribution >= 0.6 is 0 Å². The van der Waals surface area contributed by atoms with Gasteiger partial charge < -0.3 is 55.0 Å². The van der Waals surface area contributed by atoms with E-state index in [-0.39, 0.29) is 41.9 Å². The van der Waals surface area contributed by atoms with Gasteiger partial charge in [0.1, 0.15) is 24.1 Å². The van der Waals surface area contributed by atoms with Crippen molar-refractivity contribution in [1.29, 1.82) is 0 Å². The van der Waals surface area contributed by atoms with Crippen molar-refractivity contribution in [3.05, 3.63) is 84.4 Å². The predicted molar refractivity (Wildman–Crippen MR) is 239 cm³/mol. The number of carbonyl (C=O) groups excluding carboxylic acids is 4. The van der Waals surface area contributed by atoms with Crippen LogP contribution in [-0.4, -0.2) is 122 Å². The Kier molecular flexibility index (Phi) is 13.0. The number of amides is 4. The summed E-state index contributed by atoms with van der Waals surface area (Å²) in [6.07, 6.45) is 8.61. The SMILES string of the molecule is COC(=O)N[C@H](C(=O)N1CCC[C@H]1c1ncc(-c2ccc3cc(-c4ccc(C5=CNC([C@@H]6CCCN6C(=O)[C@@H](NC(=O)OC)C6CCOCC6)N5)cc4)ccc3c2)[nH]1)C1CCOCC1. The first-order valence-corrected chi connectivity index (χ1v) is 22.7. The zero-order valence-electron chi connectivity index (χ0n) is 36.5. The lowest BCUT2D eigenvalue weighted by Crippen LogP contribution is -2.58. The Morgan fingerprint density at radius 1 is 0.688 bits per heavy atom. The smallest absolute Gasteiger partial charge is 0.407 e. The van der Waals surface area contributed by atoms with Gasteiger partial charge in [0.05, 0.1) is 43.9 Å². The van der Waals surface area contributed by atoms with E-state index in [1.807, 2.05) is 22.2 Å². The lowest BCUT2D eigenvalue weighted by Gasteiger charge is -2.36. The van der Waals surface area contributed by atoms with Crippen molar-refractivity contribution in [2.45, 2.75) is 81.7 Å². The lowest BCUT2D eigenvalue weighted by molar-refractivity contribution is -0.137. The molecule has 16 nitrogen and oxygen atoms in total. The van der Waals surface area contributed by atoms with Gasteiger partial charge in [0.25, 0.3) is 0 Å². The minimum atomic E-state index is -0.684. The molecule has 9 rings (SSSR count). The molecule has 0 bridgehead atoms. The maximum Gasteiger partial charge on any atom is 0.407 e. The minimum Gasteiger partial charge on any atom is -0.453 e. The Morgan fingerprint density at radius 2 is 1.23 bits per heavy atom. The second-order valence-electron chi connectivity index (χ2n) is 17.4. The van der Waals surface area contributed by atoms with Crippen LogP contribution < -0.4 is 21.3 Å². The van der Waals surface area contributed by atoms with Crippen LogP contribution in [0.4, 0.5) is 9.59 Å². The molecule has 5 aliphatic heterocycles. The molecule has 16 heteroatoms. The van der Waals surface area contributed by atoms with Gasteiger partial charge in [-0.2, -0.15) is 0 Å². The van der Waals surface area contributed by atoms with Crippen LogP contribution in [0.2, 0.25) is 0 Å². The van der Waals surface area contributed by atoms with E-state index in [9.17, 15) is 19.2 Å². The number of hydrogen-bond donors (Lipinski definition) is 5. The molecule has 4 saturated heterocycles. The number of nitrogens with one attached hydrogen (secondary N) is 5. The first kappa shape index (κ1) is 43.1. The molecule has 0 radical (unpaired) electrons. The number of H-pyrrole nitrogens is 1. The van der Waals surface area contributed by atoms with Crippen LogP contribution in [0.25, 0.3) is 38.9 Å². The van der Waals surface area contributed by atoms with E-state index in [2.05, 4.69) is 86.9 Å².